The van der Waals surface area contributed by atoms with Gasteiger partial charge in [-0.15, -0.1) is 0 Å². The third-order valence-electron chi connectivity index (χ3n) is 4.97. The number of halogens is 2. The van der Waals surface area contributed by atoms with Gasteiger partial charge in [0.2, 0.25) is 0 Å². The van der Waals surface area contributed by atoms with Gasteiger partial charge in [0.1, 0.15) is 0 Å². The Morgan fingerprint density at radius 2 is 1.81 bits per heavy atom. The standard InChI is InChI=1S/C17H24Cl2N2/c1-12(2)16-11-20-9-4-3-6-13(20)10-21(16)17-14(18)7-5-8-15(17)19/h5,7-8,12-13,16H,3-4,6,9-11H2,1-2H3. The number of piperidine rings is 1. The van der Waals surface area contributed by atoms with E-state index in [-0.39, 0.29) is 0 Å². The lowest BCUT2D eigenvalue weighted by Crippen LogP contribution is -2.61. The van der Waals surface area contributed by atoms with Gasteiger partial charge in [-0.05, 0) is 37.4 Å². The smallest absolute Gasteiger partial charge is 0.0748 e. The molecule has 0 bridgehead atoms. The van der Waals surface area contributed by atoms with Crippen LogP contribution in [0.25, 0.3) is 0 Å². The third kappa shape index (κ3) is 3.04. The summed E-state index contributed by atoms with van der Waals surface area (Å²) in [4.78, 5) is 5.15. The summed E-state index contributed by atoms with van der Waals surface area (Å²) in [7, 11) is 0. The molecule has 0 spiro atoms. The molecule has 0 radical (unpaired) electrons. The highest BCUT2D eigenvalue weighted by atomic mass is 35.5. The van der Waals surface area contributed by atoms with Crippen LogP contribution in [0, 0.1) is 5.92 Å². The molecule has 3 rings (SSSR count). The summed E-state index contributed by atoms with van der Waals surface area (Å²) in [6.45, 7) is 8.02. The van der Waals surface area contributed by atoms with Gasteiger partial charge in [0, 0.05) is 25.2 Å². The molecule has 0 aromatic heterocycles. The number of hydrogen-bond acceptors (Lipinski definition) is 2. The molecular weight excluding hydrogens is 303 g/mol. The van der Waals surface area contributed by atoms with Crippen LogP contribution in [0.5, 0.6) is 0 Å². The van der Waals surface area contributed by atoms with Crippen LogP contribution in [0.15, 0.2) is 18.2 Å². The molecule has 0 N–H and O–H groups in total. The van der Waals surface area contributed by atoms with Crippen LogP contribution in [0.3, 0.4) is 0 Å². The molecule has 2 atom stereocenters. The molecule has 2 aliphatic heterocycles. The second-order valence-corrected chi connectivity index (χ2v) is 7.49. The molecule has 116 valence electrons. The predicted molar refractivity (Wildman–Crippen MR) is 91.6 cm³/mol. The van der Waals surface area contributed by atoms with E-state index in [0.717, 1.165) is 28.8 Å². The van der Waals surface area contributed by atoms with E-state index in [4.69, 9.17) is 23.2 Å². The van der Waals surface area contributed by atoms with Crippen LogP contribution in [0.1, 0.15) is 33.1 Å². The minimum Gasteiger partial charge on any atom is -0.363 e. The average molecular weight is 327 g/mol. The fourth-order valence-corrected chi connectivity index (χ4v) is 4.41. The Labute approximate surface area is 138 Å². The number of fused-ring (bicyclic) bond motifs is 1. The van der Waals surface area contributed by atoms with Gasteiger partial charge in [-0.2, -0.15) is 0 Å². The van der Waals surface area contributed by atoms with Gasteiger partial charge in [0.25, 0.3) is 0 Å². The topological polar surface area (TPSA) is 6.48 Å². The molecule has 1 aromatic rings. The Kier molecular flexibility index (Phi) is 4.68. The zero-order valence-corrected chi connectivity index (χ0v) is 14.4. The normalized spacial score (nSPS) is 27.0. The van der Waals surface area contributed by atoms with E-state index in [1.54, 1.807) is 0 Å². The van der Waals surface area contributed by atoms with Crippen molar-refractivity contribution in [1.82, 2.24) is 4.90 Å². The van der Waals surface area contributed by atoms with E-state index >= 15 is 0 Å². The zero-order chi connectivity index (χ0) is 15.0. The molecule has 1 aromatic carbocycles. The number of rotatable bonds is 2. The monoisotopic (exact) mass is 326 g/mol. The zero-order valence-electron chi connectivity index (χ0n) is 12.9. The summed E-state index contributed by atoms with van der Waals surface area (Å²) in [6, 6.07) is 6.97. The number of hydrogen-bond donors (Lipinski definition) is 0. The SMILES string of the molecule is CC(C)C1CN2CCCCC2CN1c1c(Cl)cccc1Cl. The maximum atomic E-state index is 6.47. The summed E-state index contributed by atoms with van der Waals surface area (Å²) in [5, 5.41) is 1.55. The third-order valence-corrected chi connectivity index (χ3v) is 5.58. The van der Waals surface area contributed by atoms with Crippen molar-refractivity contribution >= 4 is 28.9 Å². The van der Waals surface area contributed by atoms with E-state index in [1.807, 2.05) is 18.2 Å². The number of para-hydroxylation sites is 1. The van der Waals surface area contributed by atoms with E-state index in [1.165, 1.54) is 25.8 Å². The summed E-state index contributed by atoms with van der Waals surface area (Å²) >= 11 is 12.9. The summed E-state index contributed by atoms with van der Waals surface area (Å²) in [5.41, 5.74) is 1.03. The van der Waals surface area contributed by atoms with Crippen molar-refractivity contribution in [1.29, 1.82) is 0 Å². The highest BCUT2D eigenvalue weighted by Crippen LogP contribution is 2.39. The first-order chi connectivity index (χ1) is 10.1. The van der Waals surface area contributed by atoms with Gasteiger partial charge in [-0.3, -0.25) is 4.90 Å². The first kappa shape index (κ1) is 15.5. The number of anilines is 1. The molecule has 2 nitrogen and oxygen atoms in total. The number of piperazine rings is 1. The summed E-state index contributed by atoms with van der Waals surface area (Å²) in [6.07, 6.45) is 3.98. The van der Waals surface area contributed by atoms with Crippen LogP contribution in [0.4, 0.5) is 5.69 Å². The van der Waals surface area contributed by atoms with Crippen LogP contribution >= 0.6 is 23.2 Å². The molecule has 4 heteroatoms. The lowest BCUT2D eigenvalue weighted by atomic mass is 9.91. The highest BCUT2D eigenvalue weighted by molar-refractivity contribution is 6.39. The maximum absolute atomic E-state index is 6.47. The Balaban J connectivity index is 1.94. The fourth-order valence-electron chi connectivity index (χ4n) is 3.80. The molecular formula is C17H24Cl2N2. The molecule has 2 unspecified atom stereocenters. The van der Waals surface area contributed by atoms with Gasteiger partial charge >= 0.3 is 0 Å². The first-order valence-corrected chi connectivity index (χ1v) is 8.78. The molecule has 0 amide bonds. The Morgan fingerprint density at radius 3 is 2.48 bits per heavy atom. The summed E-state index contributed by atoms with van der Waals surface area (Å²) in [5.74, 6) is 0.584. The molecule has 2 heterocycles. The van der Waals surface area contributed by atoms with Crippen molar-refractivity contribution in [3.63, 3.8) is 0 Å². The molecule has 0 aliphatic carbocycles. The molecule has 0 saturated carbocycles. The Morgan fingerprint density at radius 1 is 1.10 bits per heavy atom. The van der Waals surface area contributed by atoms with Crippen LogP contribution in [-0.4, -0.2) is 36.6 Å². The fraction of sp³-hybridized carbons (Fsp3) is 0.647. The van der Waals surface area contributed by atoms with Crippen LogP contribution in [-0.2, 0) is 0 Å². The van der Waals surface area contributed by atoms with Gasteiger partial charge < -0.3 is 4.90 Å². The molecule has 2 aliphatic rings. The second-order valence-electron chi connectivity index (χ2n) is 6.68. The van der Waals surface area contributed by atoms with Crippen LogP contribution in [0.2, 0.25) is 10.0 Å². The van der Waals surface area contributed by atoms with Crippen molar-refractivity contribution in [2.45, 2.75) is 45.2 Å². The maximum Gasteiger partial charge on any atom is 0.0748 e. The van der Waals surface area contributed by atoms with E-state index in [9.17, 15) is 0 Å². The van der Waals surface area contributed by atoms with Gasteiger partial charge in [0.05, 0.1) is 15.7 Å². The van der Waals surface area contributed by atoms with E-state index in [0.29, 0.717) is 18.0 Å². The number of benzene rings is 1. The first-order valence-electron chi connectivity index (χ1n) is 8.02. The Bertz CT molecular complexity index is 483. The highest BCUT2D eigenvalue weighted by Gasteiger charge is 2.37. The van der Waals surface area contributed by atoms with Crippen molar-refractivity contribution in [2.24, 2.45) is 5.92 Å². The molecule has 2 fully saturated rings. The van der Waals surface area contributed by atoms with Crippen molar-refractivity contribution in [2.75, 3.05) is 24.5 Å². The largest absolute Gasteiger partial charge is 0.363 e. The van der Waals surface area contributed by atoms with Gasteiger partial charge in [-0.1, -0.05) is 49.5 Å². The van der Waals surface area contributed by atoms with Crippen LogP contribution < -0.4 is 4.90 Å². The minimum atomic E-state index is 0.483. The lowest BCUT2D eigenvalue weighted by molar-refractivity contribution is 0.100. The Hall–Kier alpha value is -0.440. The van der Waals surface area contributed by atoms with E-state index in [2.05, 4.69) is 23.6 Å². The summed E-state index contributed by atoms with van der Waals surface area (Å²) < 4.78 is 0. The van der Waals surface area contributed by atoms with Crippen molar-refractivity contribution in [3.8, 4) is 0 Å². The van der Waals surface area contributed by atoms with Gasteiger partial charge in [-0.25, -0.2) is 0 Å². The van der Waals surface area contributed by atoms with E-state index < -0.39 is 0 Å². The minimum absolute atomic E-state index is 0.483. The lowest BCUT2D eigenvalue weighted by Gasteiger charge is -2.51. The number of nitrogens with zero attached hydrogens (tertiary/aromatic N) is 2. The van der Waals surface area contributed by atoms with Crippen molar-refractivity contribution < 1.29 is 0 Å². The average Bonchev–Trinajstić information content (AvgIpc) is 2.46. The molecule has 2 saturated heterocycles. The van der Waals surface area contributed by atoms with Gasteiger partial charge in [0.15, 0.2) is 0 Å². The van der Waals surface area contributed by atoms with Crippen molar-refractivity contribution in [3.05, 3.63) is 28.2 Å². The molecule has 21 heavy (non-hydrogen) atoms. The quantitative estimate of drug-likeness (QED) is 0.777. The second kappa shape index (κ2) is 6.36. The predicted octanol–water partition coefficient (Wildman–Crippen LogP) is 4.69.